The third-order valence-corrected chi connectivity index (χ3v) is 2.15. The van der Waals surface area contributed by atoms with E-state index in [4.69, 9.17) is 0 Å². The lowest BCUT2D eigenvalue weighted by molar-refractivity contribution is -0.110. The van der Waals surface area contributed by atoms with Crippen LogP contribution >= 0.6 is 0 Å². The number of hydrogen-bond donors (Lipinski definition) is 0. The van der Waals surface area contributed by atoms with Crippen LogP contribution in [-0.2, 0) is 4.79 Å². The number of hydrogen-bond acceptors (Lipinski definition) is 1. The topological polar surface area (TPSA) is 17.1 Å². The Labute approximate surface area is 75.2 Å². The Morgan fingerprint density at radius 2 is 2.00 bits per heavy atom. The van der Waals surface area contributed by atoms with Crippen LogP contribution in [0.3, 0.4) is 0 Å². The first-order chi connectivity index (χ1) is 5.75. The molecular weight excluding hydrogens is 148 g/mol. The van der Waals surface area contributed by atoms with Crippen LogP contribution in [0.4, 0.5) is 0 Å². The van der Waals surface area contributed by atoms with E-state index in [-0.39, 0.29) is 5.92 Å². The van der Waals surface area contributed by atoms with Gasteiger partial charge in [-0.25, -0.2) is 0 Å². The highest BCUT2D eigenvalue weighted by Crippen LogP contribution is 2.23. The molecule has 0 fully saturated rings. The fourth-order valence-electron chi connectivity index (χ4n) is 1.12. The second-order valence-electron chi connectivity index (χ2n) is 2.80. The van der Waals surface area contributed by atoms with Crippen molar-refractivity contribution in [1.29, 1.82) is 0 Å². The summed E-state index contributed by atoms with van der Waals surface area (Å²) in [5.41, 5.74) is 1.29. The van der Waals surface area contributed by atoms with Gasteiger partial charge in [-0.05, 0) is 12.8 Å². The van der Waals surface area contributed by atoms with E-state index >= 15 is 0 Å². The molecule has 0 aromatic heterocycles. The second-order valence-corrected chi connectivity index (χ2v) is 2.80. The van der Waals surface area contributed by atoms with Gasteiger partial charge in [0.05, 0.1) is 0 Å². The van der Waals surface area contributed by atoms with Crippen molar-refractivity contribution in [3.8, 4) is 0 Å². The first-order valence-electron chi connectivity index (χ1n) is 4.56. The quantitative estimate of drug-likeness (QED) is 0.547. The molecule has 0 aromatic carbocycles. The van der Waals surface area contributed by atoms with Gasteiger partial charge in [0.15, 0.2) is 0 Å². The van der Waals surface area contributed by atoms with Gasteiger partial charge in [0.1, 0.15) is 6.29 Å². The summed E-state index contributed by atoms with van der Waals surface area (Å²) in [6.45, 7) is 8.14. The number of allylic oxidation sites excluding steroid dienone is 4. The van der Waals surface area contributed by atoms with Crippen molar-refractivity contribution >= 4 is 6.29 Å². The van der Waals surface area contributed by atoms with Crippen LogP contribution in [0, 0.1) is 11.8 Å². The molecule has 0 aliphatic heterocycles. The zero-order valence-corrected chi connectivity index (χ0v) is 8.37. The predicted octanol–water partition coefficient (Wildman–Crippen LogP) is 2.98. The fourth-order valence-corrected chi connectivity index (χ4v) is 1.12. The van der Waals surface area contributed by atoms with Crippen LogP contribution in [0.5, 0.6) is 0 Å². The van der Waals surface area contributed by atoms with Crippen LogP contribution < -0.4 is 0 Å². The molecule has 0 radical (unpaired) electrons. The molecule has 12 heavy (non-hydrogen) atoms. The van der Waals surface area contributed by atoms with E-state index in [1.807, 2.05) is 26.0 Å². The van der Waals surface area contributed by atoms with Crippen LogP contribution in [0.25, 0.3) is 0 Å². The van der Waals surface area contributed by atoms with Crippen molar-refractivity contribution in [2.45, 2.75) is 27.7 Å². The van der Waals surface area contributed by atoms with Crippen LogP contribution in [0.1, 0.15) is 27.7 Å². The SMILES string of the molecule is CC.CC1=CC=CC(C=O)C1C. The highest BCUT2D eigenvalue weighted by Gasteiger charge is 2.16. The fraction of sp³-hybridized carbons (Fsp3) is 0.545. The third kappa shape index (κ3) is 2.65. The molecule has 1 nitrogen and oxygen atoms in total. The lowest BCUT2D eigenvalue weighted by Gasteiger charge is -2.18. The van der Waals surface area contributed by atoms with E-state index < -0.39 is 0 Å². The Balaban J connectivity index is 0.000000561. The van der Waals surface area contributed by atoms with Crippen LogP contribution in [0.15, 0.2) is 23.8 Å². The van der Waals surface area contributed by atoms with Gasteiger partial charge in [-0.2, -0.15) is 0 Å². The maximum absolute atomic E-state index is 10.4. The largest absolute Gasteiger partial charge is 0.303 e. The third-order valence-electron chi connectivity index (χ3n) is 2.15. The second kappa shape index (κ2) is 5.76. The number of aldehydes is 1. The van der Waals surface area contributed by atoms with Gasteiger partial charge < -0.3 is 4.79 Å². The Morgan fingerprint density at radius 3 is 2.42 bits per heavy atom. The first-order valence-corrected chi connectivity index (χ1v) is 4.56. The monoisotopic (exact) mass is 166 g/mol. The average Bonchev–Trinajstić information content (AvgIpc) is 2.13. The first kappa shape index (κ1) is 11.2. The molecule has 0 bridgehead atoms. The van der Waals surface area contributed by atoms with Crippen LogP contribution in [0.2, 0.25) is 0 Å². The molecular formula is C11H18O. The van der Waals surface area contributed by atoms with Crippen LogP contribution in [-0.4, -0.2) is 6.29 Å². The minimum absolute atomic E-state index is 0.102. The molecule has 0 saturated heterocycles. The van der Waals surface area contributed by atoms with Gasteiger partial charge >= 0.3 is 0 Å². The van der Waals surface area contributed by atoms with E-state index in [0.29, 0.717) is 5.92 Å². The molecule has 1 heteroatoms. The van der Waals surface area contributed by atoms with Crippen molar-refractivity contribution < 1.29 is 4.79 Å². The molecule has 1 aliphatic rings. The van der Waals surface area contributed by atoms with Crippen molar-refractivity contribution in [3.05, 3.63) is 23.8 Å². The summed E-state index contributed by atoms with van der Waals surface area (Å²) in [7, 11) is 0. The van der Waals surface area contributed by atoms with Gasteiger partial charge in [-0.1, -0.05) is 44.6 Å². The van der Waals surface area contributed by atoms with E-state index in [0.717, 1.165) is 6.29 Å². The average molecular weight is 166 g/mol. The van der Waals surface area contributed by atoms with E-state index in [1.165, 1.54) is 5.57 Å². The number of rotatable bonds is 1. The maximum atomic E-state index is 10.4. The summed E-state index contributed by atoms with van der Waals surface area (Å²) in [5, 5.41) is 0. The van der Waals surface area contributed by atoms with E-state index in [2.05, 4.69) is 19.9 Å². The molecule has 2 unspecified atom stereocenters. The lowest BCUT2D eigenvalue weighted by atomic mass is 9.85. The van der Waals surface area contributed by atoms with Gasteiger partial charge in [0.25, 0.3) is 0 Å². The highest BCUT2D eigenvalue weighted by molar-refractivity contribution is 5.59. The molecule has 0 N–H and O–H groups in total. The number of carbonyl (C=O) groups is 1. The van der Waals surface area contributed by atoms with E-state index in [9.17, 15) is 4.79 Å². The Morgan fingerprint density at radius 1 is 1.42 bits per heavy atom. The van der Waals surface area contributed by atoms with Gasteiger partial charge in [-0.3, -0.25) is 0 Å². The van der Waals surface area contributed by atoms with Gasteiger partial charge in [0.2, 0.25) is 0 Å². The van der Waals surface area contributed by atoms with Crippen molar-refractivity contribution in [3.63, 3.8) is 0 Å². The van der Waals surface area contributed by atoms with Crippen molar-refractivity contribution in [2.24, 2.45) is 11.8 Å². The molecule has 0 amide bonds. The molecule has 2 atom stereocenters. The summed E-state index contributed by atoms with van der Waals surface area (Å²) in [4.78, 5) is 10.4. The Kier molecular flexibility index (Phi) is 5.35. The molecule has 0 saturated carbocycles. The zero-order chi connectivity index (χ0) is 9.56. The Bertz CT molecular complexity index is 189. The van der Waals surface area contributed by atoms with Gasteiger partial charge in [-0.15, -0.1) is 0 Å². The zero-order valence-electron chi connectivity index (χ0n) is 8.37. The molecule has 68 valence electrons. The minimum atomic E-state index is 0.102. The Hall–Kier alpha value is -0.850. The predicted molar refractivity (Wildman–Crippen MR) is 53.0 cm³/mol. The summed E-state index contributed by atoms with van der Waals surface area (Å²) >= 11 is 0. The molecule has 1 aliphatic carbocycles. The van der Waals surface area contributed by atoms with Gasteiger partial charge in [0, 0.05) is 5.92 Å². The smallest absolute Gasteiger partial charge is 0.127 e. The standard InChI is InChI=1S/C9H12O.C2H6/c1-7-4-3-5-9(6-10)8(7)2;1-2/h3-6,8-9H,1-2H3;1-2H3. The van der Waals surface area contributed by atoms with Crippen molar-refractivity contribution in [2.75, 3.05) is 0 Å². The molecule has 1 rings (SSSR count). The normalized spacial score (nSPS) is 26.8. The van der Waals surface area contributed by atoms with E-state index in [1.54, 1.807) is 0 Å². The molecule has 0 spiro atoms. The summed E-state index contributed by atoms with van der Waals surface area (Å²) in [5.74, 6) is 0.493. The lowest BCUT2D eigenvalue weighted by Crippen LogP contribution is -2.13. The summed E-state index contributed by atoms with van der Waals surface area (Å²) < 4.78 is 0. The molecule has 0 aromatic rings. The summed E-state index contributed by atoms with van der Waals surface area (Å²) in [6.07, 6.45) is 6.97. The van der Waals surface area contributed by atoms with Crippen molar-refractivity contribution in [1.82, 2.24) is 0 Å². The minimum Gasteiger partial charge on any atom is -0.303 e. The highest BCUT2D eigenvalue weighted by atomic mass is 16.1. The molecule has 0 heterocycles. The maximum Gasteiger partial charge on any atom is 0.127 e. The summed E-state index contributed by atoms with van der Waals surface area (Å²) in [6, 6.07) is 0. The number of carbonyl (C=O) groups excluding carboxylic acids is 1.